The number of alkyl halides is 1. The summed E-state index contributed by atoms with van der Waals surface area (Å²) in [4.78, 5) is 30.4. The van der Waals surface area contributed by atoms with E-state index < -0.39 is 12.2 Å². The molecule has 9 heteroatoms. The van der Waals surface area contributed by atoms with Gasteiger partial charge in [-0.25, -0.2) is 9.37 Å². The van der Waals surface area contributed by atoms with Crippen LogP contribution in [-0.4, -0.2) is 45.6 Å². The van der Waals surface area contributed by atoms with Gasteiger partial charge in [-0.05, 0) is 12.5 Å². The van der Waals surface area contributed by atoms with Crippen molar-refractivity contribution in [2.45, 2.75) is 38.5 Å². The van der Waals surface area contributed by atoms with Gasteiger partial charge in [0.15, 0.2) is 12.2 Å². The molecule has 0 bridgehead atoms. The number of oxazole rings is 1. The fourth-order valence-corrected chi connectivity index (χ4v) is 3.51. The Bertz CT molecular complexity index is 1020. The number of amides is 2. The fraction of sp³-hybridized carbons (Fsp3) is 0.333. The van der Waals surface area contributed by atoms with Crippen LogP contribution in [0.15, 0.2) is 51.9 Å². The average molecular weight is 412 g/mol. The Morgan fingerprint density at radius 2 is 2.10 bits per heavy atom. The largest absolute Gasteiger partial charge is 0.444 e. The molecule has 8 nitrogen and oxygen atoms in total. The minimum Gasteiger partial charge on any atom is -0.444 e. The van der Waals surface area contributed by atoms with Crippen molar-refractivity contribution in [3.05, 3.63) is 59.9 Å². The van der Waals surface area contributed by atoms with Crippen molar-refractivity contribution in [1.82, 2.24) is 20.4 Å². The van der Waals surface area contributed by atoms with Crippen molar-refractivity contribution in [2.75, 3.05) is 6.54 Å². The molecule has 1 aliphatic heterocycles. The smallest absolute Gasteiger partial charge is 0.243 e. The molecule has 1 aliphatic rings. The number of nitrogens with zero attached hydrogens (tertiary/aromatic N) is 3. The van der Waals surface area contributed by atoms with Gasteiger partial charge in [0.25, 0.3) is 0 Å². The second-order valence-electron chi connectivity index (χ2n) is 7.29. The molecule has 2 atom stereocenters. The minimum atomic E-state index is -1.23. The predicted octanol–water partition coefficient (Wildman–Crippen LogP) is 2.44. The highest BCUT2D eigenvalue weighted by atomic mass is 19.1. The van der Waals surface area contributed by atoms with Crippen molar-refractivity contribution < 1.29 is 22.9 Å². The highest BCUT2D eigenvalue weighted by Gasteiger charge is 2.39. The molecule has 0 aliphatic carbocycles. The van der Waals surface area contributed by atoms with E-state index in [9.17, 15) is 14.0 Å². The summed E-state index contributed by atoms with van der Waals surface area (Å²) in [7, 11) is 0. The number of nitrogens with one attached hydrogen (secondary N) is 1. The molecule has 3 aromatic rings. The molecule has 1 N–H and O–H groups in total. The van der Waals surface area contributed by atoms with E-state index in [1.54, 1.807) is 19.2 Å². The van der Waals surface area contributed by atoms with Gasteiger partial charge in [-0.1, -0.05) is 29.4 Å². The van der Waals surface area contributed by atoms with Crippen LogP contribution in [0.3, 0.4) is 0 Å². The van der Waals surface area contributed by atoms with Crippen molar-refractivity contribution in [3.63, 3.8) is 0 Å². The van der Waals surface area contributed by atoms with Crippen LogP contribution in [0.25, 0.3) is 11.3 Å². The molecule has 2 aromatic heterocycles. The van der Waals surface area contributed by atoms with E-state index in [0.29, 0.717) is 17.2 Å². The Hall–Kier alpha value is -3.49. The summed E-state index contributed by atoms with van der Waals surface area (Å²) >= 11 is 0. The lowest BCUT2D eigenvalue weighted by atomic mass is 10.1. The summed E-state index contributed by atoms with van der Waals surface area (Å²) < 4.78 is 24.3. The van der Waals surface area contributed by atoms with Gasteiger partial charge < -0.3 is 19.2 Å². The molecule has 0 unspecified atom stereocenters. The molecule has 0 spiro atoms. The summed E-state index contributed by atoms with van der Waals surface area (Å²) in [5.41, 5.74) is 2.40. The van der Waals surface area contributed by atoms with Gasteiger partial charge in [-0.2, -0.15) is 0 Å². The first-order valence-electron chi connectivity index (χ1n) is 9.61. The fourth-order valence-electron chi connectivity index (χ4n) is 3.51. The Morgan fingerprint density at radius 1 is 1.30 bits per heavy atom. The zero-order valence-corrected chi connectivity index (χ0v) is 16.4. The monoisotopic (exact) mass is 412 g/mol. The summed E-state index contributed by atoms with van der Waals surface area (Å²) in [6, 6.07) is 8.26. The van der Waals surface area contributed by atoms with E-state index in [0.717, 1.165) is 11.1 Å². The maximum atomic E-state index is 14.0. The molecule has 1 fully saturated rings. The van der Waals surface area contributed by atoms with Gasteiger partial charge in [-0.15, -0.1) is 0 Å². The van der Waals surface area contributed by atoms with E-state index in [4.69, 9.17) is 8.94 Å². The second-order valence-corrected chi connectivity index (χ2v) is 7.29. The Labute approximate surface area is 172 Å². The van der Waals surface area contributed by atoms with Crippen LogP contribution in [0.2, 0.25) is 0 Å². The SMILES string of the molecule is Cc1cc(CC(=O)N2C[C@H](F)C[C@H]2C(=O)NCc2ccc(-c3cnco3)cc2)on1. The van der Waals surface area contributed by atoms with Crippen LogP contribution in [0.4, 0.5) is 4.39 Å². The number of aromatic nitrogens is 2. The number of carbonyl (C=O) groups excluding carboxylic acids is 2. The van der Waals surface area contributed by atoms with Gasteiger partial charge in [0.05, 0.1) is 24.9 Å². The number of hydrogen-bond donors (Lipinski definition) is 1. The maximum absolute atomic E-state index is 14.0. The average Bonchev–Trinajstić information content (AvgIpc) is 3.48. The first-order chi connectivity index (χ1) is 14.5. The van der Waals surface area contributed by atoms with Crippen molar-refractivity contribution in [1.29, 1.82) is 0 Å². The molecule has 3 heterocycles. The number of hydrogen-bond acceptors (Lipinski definition) is 6. The van der Waals surface area contributed by atoms with Gasteiger partial charge >= 0.3 is 0 Å². The van der Waals surface area contributed by atoms with Gasteiger partial charge in [0, 0.05) is 24.6 Å². The minimum absolute atomic E-state index is 0.0164. The van der Waals surface area contributed by atoms with Crippen LogP contribution in [0, 0.1) is 6.92 Å². The normalized spacial score (nSPS) is 18.5. The van der Waals surface area contributed by atoms with Crippen LogP contribution >= 0.6 is 0 Å². The zero-order valence-electron chi connectivity index (χ0n) is 16.4. The third-order valence-electron chi connectivity index (χ3n) is 5.01. The Kier molecular flexibility index (Phi) is 5.60. The van der Waals surface area contributed by atoms with Crippen LogP contribution < -0.4 is 5.32 Å². The number of rotatable bonds is 6. The Morgan fingerprint density at radius 3 is 2.77 bits per heavy atom. The quantitative estimate of drug-likeness (QED) is 0.667. The summed E-state index contributed by atoms with van der Waals surface area (Å²) in [6.45, 7) is 1.92. The van der Waals surface area contributed by atoms with E-state index >= 15 is 0 Å². The number of halogens is 1. The number of benzene rings is 1. The molecule has 30 heavy (non-hydrogen) atoms. The molecule has 0 radical (unpaired) electrons. The molecule has 1 aromatic carbocycles. The highest BCUT2D eigenvalue weighted by molar-refractivity contribution is 5.89. The first-order valence-corrected chi connectivity index (χ1v) is 9.61. The molecule has 0 saturated carbocycles. The van der Waals surface area contributed by atoms with Gasteiger partial charge in [-0.3, -0.25) is 9.59 Å². The number of carbonyl (C=O) groups is 2. The lowest BCUT2D eigenvalue weighted by molar-refractivity contribution is -0.138. The Balaban J connectivity index is 1.36. The van der Waals surface area contributed by atoms with Gasteiger partial charge in [0.1, 0.15) is 18.0 Å². The van der Waals surface area contributed by atoms with Crippen molar-refractivity contribution >= 4 is 11.8 Å². The van der Waals surface area contributed by atoms with E-state index in [1.807, 2.05) is 24.3 Å². The molecule has 2 amide bonds. The first kappa shape index (κ1) is 19.8. The zero-order chi connectivity index (χ0) is 21.1. The van der Waals surface area contributed by atoms with Crippen molar-refractivity contribution in [3.8, 4) is 11.3 Å². The van der Waals surface area contributed by atoms with Crippen molar-refractivity contribution in [2.24, 2.45) is 0 Å². The number of aryl methyl sites for hydroxylation is 1. The maximum Gasteiger partial charge on any atom is 0.243 e. The third-order valence-corrected chi connectivity index (χ3v) is 5.01. The summed E-state index contributed by atoms with van der Waals surface area (Å²) in [5, 5.41) is 6.54. The lowest BCUT2D eigenvalue weighted by Crippen LogP contribution is -2.46. The summed E-state index contributed by atoms with van der Waals surface area (Å²) in [6.07, 6.45) is 1.68. The summed E-state index contributed by atoms with van der Waals surface area (Å²) in [5.74, 6) is 0.312. The van der Waals surface area contributed by atoms with Gasteiger partial charge in [0.2, 0.25) is 11.8 Å². The standard InChI is InChI=1S/C21H21FN4O4/c1-13-6-17(30-25-13)8-20(27)26-11-16(22)7-18(26)21(28)24-9-14-2-4-15(5-3-14)19-10-23-12-29-19/h2-6,10,12,16,18H,7-9,11H2,1H3,(H,24,28)/t16-,18+/m1/s1. The molecular formula is C21H21FN4O4. The second kappa shape index (κ2) is 8.48. The topological polar surface area (TPSA) is 101 Å². The predicted molar refractivity (Wildman–Crippen MR) is 104 cm³/mol. The molecule has 156 valence electrons. The van der Waals surface area contributed by atoms with Crippen LogP contribution in [0.1, 0.15) is 23.4 Å². The van der Waals surface area contributed by atoms with E-state index in [-0.39, 0.29) is 37.7 Å². The number of likely N-dealkylation sites (tertiary alicyclic amines) is 1. The third kappa shape index (κ3) is 4.40. The molecule has 4 rings (SSSR count). The van der Waals surface area contributed by atoms with Crippen LogP contribution in [0.5, 0.6) is 0 Å². The van der Waals surface area contributed by atoms with E-state index in [1.165, 1.54) is 11.3 Å². The van der Waals surface area contributed by atoms with E-state index in [2.05, 4.69) is 15.5 Å². The molecule has 1 saturated heterocycles. The van der Waals surface area contributed by atoms with Crippen LogP contribution in [-0.2, 0) is 22.6 Å². The molecular weight excluding hydrogens is 391 g/mol. The lowest BCUT2D eigenvalue weighted by Gasteiger charge is -2.23. The highest BCUT2D eigenvalue weighted by Crippen LogP contribution is 2.23.